The van der Waals surface area contributed by atoms with Gasteiger partial charge in [0, 0.05) is 6.42 Å². The third kappa shape index (κ3) is 5.05. The number of hydrogen-bond acceptors (Lipinski definition) is 3. The van der Waals surface area contributed by atoms with Crippen LogP contribution in [0, 0.1) is 12.3 Å². The predicted octanol–water partition coefficient (Wildman–Crippen LogP) is 5.35. The second-order valence-corrected chi connectivity index (χ2v) is 8.24. The van der Waals surface area contributed by atoms with E-state index in [-0.39, 0.29) is 0 Å². The number of hydrogen-bond donors (Lipinski definition) is 1. The van der Waals surface area contributed by atoms with Crippen molar-refractivity contribution in [3.63, 3.8) is 0 Å². The number of nitrogens with zero attached hydrogens (tertiary/aromatic N) is 3. The SMILES string of the molecule is C#CCCCCCc1c(C(O)(c2ccccc2)c2ccccc2)nnn1Cc1ccccc1. The maximum atomic E-state index is 12.3. The van der Waals surface area contributed by atoms with Crippen LogP contribution in [-0.2, 0) is 18.6 Å². The lowest BCUT2D eigenvalue weighted by atomic mass is 9.82. The molecule has 0 aliphatic rings. The van der Waals surface area contributed by atoms with Gasteiger partial charge in [0.1, 0.15) is 5.69 Å². The Hall–Kier alpha value is -3.68. The van der Waals surface area contributed by atoms with Crippen LogP contribution in [0.2, 0.25) is 0 Å². The molecule has 0 fully saturated rings. The van der Waals surface area contributed by atoms with Gasteiger partial charge in [-0.15, -0.1) is 17.4 Å². The Morgan fingerprint density at radius 3 is 1.94 bits per heavy atom. The molecule has 0 atom stereocenters. The molecule has 166 valence electrons. The summed E-state index contributed by atoms with van der Waals surface area (Å²) in [5.74, 6) is 2.71. The lowest BCUT2D eigenvalue weighted by molar-refractivity contribution is 0.119. The van der Waals surface area contributed by atoms with Crippen LogP contribution in [0.5, 0.6) is 0 Å². The van der Waals surface area contributed by atoms with E-state index in [9.17, 15) is 5.11 Å². The lowest BCUT2D eigenvalue weighted by Gasteiger charge is -2.28. The van der Waals surface area contributed by atoms with Crippen molar-refractivity contribution in [2.24, 2.45) is 0 Å². The molecule has 0 aliphatic heterocycles. The monoisotopic (exact) mass is 435 g/mol. The summed E-state index contributed by atoms with van der Waals surface area (Å²) in [6.45, 7) is 0.604. The minimum absolute atomic E-state index is 0.591. The van der Waals surface area contributed by atoms with E-state index in [2.05, 4.69) is 28.4 Å². The summed E-state index contributed by atoms with van der Waals surface area (Å²) in [5.41, 5.74) is 2.84. The Kier molecular flexibility index (Phi) is 7.34. The quantitative estimate of drug-likeness (QED) is 0.270. The summed E-state index contributed by atoms with van der Waals surface area (Å²) < 4.78 is 1.93. The van der Waals surface area contributed by atoms with Gasteiger partial charge in [-0.25, -0.2) is 4.68 Å². The molecule has 33 heavy (non-hydrogen) atoms. The number of aliphatic hydroxyl groups is 1. The van der Waals surface area contributed by atoms with E-state index in [1.165, 1.54) is 0 Å². The number of benzene rings is 3. The summed E-state index contributed by atoms with van der Waals surface area (Å²) in [6.07, 6.45) is 9.94. The first-order chi connectivity index (χ1) is 16.2. The number of aromatic nitrogens is 3. The van der Waals surface area contributed by atoms with Crippen LogP contribution >= 0.6 is 0 Å². The molecular formula is C29H29N3O. The summed E-state index contributed by atoms with van der Waals surface area (Å²) in [4.78, 5) is 0. The Labute approximate surface area is 195 Å². The summed E-state index contributed by atoms with van der Waals surface area (Å²) >= 11 is 0. The number of terminal acetylenes is 1. The van der Waals surface area contributed by atoms with Crippen molar-refractivity contribution in [1.82, 2.24) is 15.0 Å². The summed E-state index contributed by atoms with van der Waals surface area (Å²) in [6, 6.07) is 29.7. The van der Waals surface area contributed by atoms with E-state index in [1.807, 2.05) is 83.5 Å². The summed E-state index contributed by atoms with van der Waals surface area (Å²) in [5, 5.41) is 21.4. The van der Waals surface area contributed by atoms with Crippen LogP contribution < -0.4 is 0 Å². The zero-order valence-electron chi connectivity index (χ0n) is 18.8. The highest BCUT2D eigenvalue weighted by atomic mass is 16.3. The fraction of sp³-hybridized carbons (Fsp3) is 0.241. The molecule has 0 saturated heterocycles. The van der Waals surface area contributed by atoms with Gasteiger partial charge >= 0.3 is 0 Å². The summed E-state index contributed by atoms with van der Waals surface area (Å²) in [7, 11) is 0. The molecule has 0 aliphatic carbocycles. The molecule has 1 aromatic heterocycles. The van der Waals surface area contributed by atoms with Crippen LogP contribution in [-0.4, -0.2) is 20.1 Å². The fourth-order valence-corrected chi connectivity index (χ4v) is 4.24. The minimum Gasteiger partial charge on any atom is -0.374 e. The van der Waals surface area contributed by atoms with E-state index in [0.29, 0.717) is 12.2 Å². The standard InChI is InChI=1S/C29H29N3O/c1-2-3-4-5-15-22-27-28(30-31-32(27)23-24-16-9-6-10-17-24)29(33,25-18-11-7-12-19-25)26-20-13-8-14-21-26/h1,6-14,16-21,33H,3-5,15,22-23H2. The van der Waals surface area contributed by atoms with Gasteiger partial charge in [-0.2, -0.15) is 0 Å². The van der Waals surface area contributed by atoms with Crippen LogP contribution in [0.1, 0.15) is 53.8 Å². The molecule has 3 aromatic carbocycles. The molecule has 4 heteroatoms. The molecule has 4 nitrogen and oxygen atoms in total. The topological polar surface area (TPSA) is 50.9 Å². The van der Waals surface area contributed by atoms with Crippen molar-refractivity contribution in [3.05, 3.63) is 119 Å². The van der Waals surface area contributed by atoms with Gasteiger partial charge in [-0.1, -0.05) is 103 Å². The molecule has 0 unspecified atom stereocenters. The van der Waals surface area contributed by atoms with Crippen LogP contribution in [0.15, 0.2) is 91.0 Å². The first-order valence-electron chi connectivity index (χ1n) is 11.5. The molecule has 0 saturated carbocycles. The average molecular weight is 436 g/mol. The Morgan fingerprint density at radius 1 is 0.788 bits per heavy atom. The first-order valence-corrected chi connectivity index (χ1v) is 11.5. The van der Waals surface area contributed by atoms with E-state index < -0.39 is 5.60 Å². The largest absolute Gasteiger partial charge is 0.374 e. The van der Waals surface area contributed by atoms with Crippen molar-refractivity contribution >= 4 is 0 Å². The van der Waals surface area contributed by atoms with Gasteiger partial charge in [-0.3, -0.25) is 0 Å². The van der Waals surface area contributed by atoms with Crippen molar-refractivity contribution in [2.75, 3.05) is 0 Å². The van der Waals surface area contributed by atoms with Crippen molar-refractivity contribution in [3.8, 4) is 12.3 Å². The second kappa shape index (κ2) is 10.8. The van der Waals surface area contributed by atoms with E-state index in [1.54, 1.807) is 0 Å². The van der Waals surface area contributed by atoms with Gasteiger partial charge < -0.3 is 5.11 Å². The fourth-order valence-electron chi connectivity index (χ4n) is 4.24. The van der Waals surface area contributed by atoms with Gasteiger partial charge in [-0.05, 0) is 36.0 Å². The molecule has 0 spiro atoms. The zero-order chi connectivity index (χ0) is 22.9. The van der Waals surface area contributed by atoms with Crippen molar-refractivity contribution in [2.45, 2.75) is 44.2 Å². The number of rotatable bonds is 10. The average Bonchev–Trinajstić information content (AvgIpc) is 3.27. The van der Waals surface area contributed by atoms with E-state index >= 15 is 0 Å². The molecule has 0 amide bonds. The normalized spacial score (nSPS) is 11.3. The third-order valence-electron chi connectivity index (χ3n) is 5.97. The predicted molar refractivity (Wildman–Crippen MR) is 132 cm³/mol. The van der Waals surface area contributed by atoms with Gasteiger partial charge in [0.2, 0.25) is 0 Å². The molecule has 4 aromatic rings. The minimum atomic E-state index is -1.40. The Balaban J connectivity index is 1.78. The lowest BCUT2D eigenvalue weighted by Crippen LogP contribution is -2.31. The maximum absolute atomic E-state index is 12.3. The smallest absolute Gasteiger partial charge is 0.161 e. The molecule has 1 heterocycles. The van der Waals surface area contributed by atoms with Gasteiger partial charge in [0.05, 0.1) is 12.2 Å². The zero-order valence-corrected chi connectivity index (χ0v) is 18.8. The molecular weight excluding hydrogens is 406 g/mol. The van der Waals surface area contributed by atoms with Crippen LogP contribution in [0.4, 0.5) is 0 Å². The third-order valence-corrected chi connectivity index (χ3v) is 5.97. The van der Waals surface area contributed by atoms with Crippen LogP contribution in [0.25, 0.3) is 0 Å². The molecule has 0 radical (unpaired) electrons. The Morgan fingerprint density at radius 2 is 1.36 bits per heavy atom. The molecule has 0 bridgehead atoms. The van der Waals surface area contributed by atoms with E-state index in [0.717, 1.165) is 54.5 Å². The highest BCUT2D eigenvalue weighted by molar-refractivity contribution is 5.45. The molecule has 1 N–H and O–H groups in total. The highest BCUT2D eigenvalue weighted by Gasteiger charge is 2.39. The molecule has 4 rings (SSSR count). The maximum Gasteiger partial charge on any atom is 0.161 e. The van der Waals surface area contributed by atoms with E-state index in [4.69, 9.17) is 6.42 Å². The van der Waals surface area contributed by atoms with Crippen molar-refractivity contribution < 1.29 is 5.11 Å². The number of unbranched alkanes of at least 4 members (excludes halogenated alkanes) is 3. The highest BCUT2D eigenvalue weighted by Crippen LogP contribution is 2.37. The van der Waals surface area contributed by atoms with Crippen molar-refractivity contribution in [1.29, 1.82) is 0 Å². The second-order valence-electron chi connectivity index (χ2n) is 8.24. The van der Waals surface area contributed by atoms with Gasteiger partial charge in [0.25, 0.3) is 0 Å². The van der Waals surface area contributed by atoms with Crippen LogP contribution in [0.3, 0.4) is 0 Å². The first kappa shape index (κ1) is 22.5. The Bertz CT molecular complexity index is 1140. The van der Waals surface area contributed by atoms with Gasteiger partial charge in [0.15, 0.2) is 5.60 Å².